The molecule has 1 atom stereocenters. The minimum Gasteiger partial charge on any atom is -0.379 e. The third-order valence-electron chi connectivity index (χ3n) is 4.34. The molecule has 2 N–H and O–H groups in total. The van der Waals surface area contributed by atoms with Crippen molar-refractivity contribution in [1.82, 2.24) is 15.6 Å². The summed E-state index contributed by atoms with van der Waals surface area (Å²) in [4.78, 5) is 8.95. The number of guanidine groups is 1. The molecular weight excluding hydrogens is 487 g/mol. The molecule has 154 valence electrons. The second kappa shape index (κ2) is 13.1. The highest BCUT2D eigenvalue weighted by molar-refractivity contribution is 14.0. The minimum absolute atomic E-state index is 0. The van der Waals surface area contributed by atoms with Crippen molar-refractivity contribution in [1.29, 1.82) is 0 Å². The molecule has 0 amide bonds. The molecule has 0 spiro atoms. The molecule has 1 aromatic heterocycles. The first kappa shape index (κ1) is 23.1. The second-order valence-corrected chi connectivity index (χ2v) is 7.35. The fourth-order valence-corrected chi connectivity index (χ4v) is 3.63. The fraction of sp³-hybridized carbons (Fsp3) is 0.500. The summed E-state index contributed by atoms with van der Waals surface area (Å²) in [6, 6.07) is 10.2. The number of thiazole rings is 1. The zero-order valence-electron chi connectivity index (χ0n) is 16.2. The van der Waals surface area contributed by atoms with Gasteiger partial charge in [-0.3, -0.25) is 4.99 Å². The molecule has 1 aromatic carbocycles. The molecule has 1 saturated heterocycles. The van der Waals surface area contributed by atoms with Gasteiger partial charge < -0.3 is 20.1 Å². The Balaban J connectivity index is 0.00000280. The smallest absolute Gasteiger partial charge is 0.191 e. The number of ether oxygens (including phenoxy) is 2. The highest BCUT2D eigenvalue weighted by Crippen LogP contribution is 2.21. The Bertz CT molecular complexity index is 705. The molecule has 0 aliphatic carbocycles. The minimum atomic E-state index is 0. The Hall–Kier alpha value is -1.23. The normalized spacial score (nSPS) is 16.6. The predicted octanol–water partition coefficient (Wildman–Crippen LogP) is 3.68. The third-order valence-corrected chi connectivity index (χ3v) is 5.19. The van der Waals surface area contributed by atoms with E-state index < -0.39 is 0 Å². The van der Waals surface area contributed by atoms with Gasteiger partial charge in [0.05, 0.1) is 24.9 Å². The maximum Gasteiger partial charge on any atom is 0.191 e. The van der Waals surface area contributed by atoms with E-state index in [1.54, 1.807) is 18.4 Å². The second-order valence-electron chi connectivity index (χ2n) is 6.41. The van der Waals surface area contributed by atoms with Crippen molar-refractivity contribution in [3.63, 3.8) is 0 Å². The van der Waals surface area contributed by atoms with E-state index in [4.69, 9.17) is 9.47 Å². The SMILES string of the molecule is CN=C(NCCCOCC1CCCO1)NCc1nc(-c2ccccc2)cs1.I. The van der Waals surface area contributed by atoms with E-state index in [0.717, 1.165) is 61.2 Å². The molecule has 0 saturated carbocycles. The fourth-order valence-electron chi connectivity index (χ4n) is 2.89. The molecule has 1 unspecified atom stereocenters. The number of halogens is 1. The topological polar surface area (TPSA) is 67.8 Å². The molecule has 3 rings (SSSR count). The summed E-state index contributed by atoms with van der Waals surface area (Å²) < 4.78 is 11.2. The number of hydrogen-bond acceptors (Lipinski definition) is 5. The van der Waals surface area contributed by atoms with Gasteiger partial charge in [-0.15, -0.1) is 35.3 Å². The molecule has 0 radical (unpaired) electrons. The average Bonchev–Trinajstić information content (AvgIpc) is 3.39. The standard InChI is InChI=1S/C20H28N4O2S.HI/c1-21-20(22-10-6-11-25-14-17-9-5-12-26-17)23-13-19-24-18(15-27-19)16-7-3-2-4-8-16;/h2-4,7-8,15,17H,5-6,9-14H2,1H3,(H2,21,22,23);1H. The van der Waals surface area contributed by atoms with E-state index in [9.17, 15) is 0 Å². The quantitative estimate of drug-likeness (QED) is 0.231. The van der Waals surface area contributed by atoms with Crippen molar-refractivity contribution in [2.45, 2.75) is 31.9 Å². The Morgan fingerprint density at radius 3 is 2.93 bits per heavy atom. The lowest BCUT2D eigenvalue weighted by Gasteiger charge is -2.12. The van der Waals surface area contributed by atoms with Crippen LogP contribution in [0.15, 0.2) is 40.7 Å². The molecule has 1 fully saturated rings. The van der Waals surface area contributed by atoms with Gasteiger partial charge in [-0.25, -0.2) is 4.98 Å². The predicted molar refractivity (Wildman–Crippen MR) is 126 cm³/mol. The molecule has 2 heterocycles. The Morgan fingerprint density at radius 2 is 2.18 bits per heavy atom. The summed E-state index contributed by atoms with van der Waals surface area (Å²) in [6.45, 7) is 3.80. The zero-order chi connectivity index (χ0) is 18.7. The molecule has 6 nitrogen and oxygen atoms in total. The van der Waals surface area contributed by atoms with Gasteiger partial charge in [0.15, 0.2) is 5.96 Å². The van der Waals surface area contributed by atoms with Crippen molar-refractivity contribution in [3.05, 3.63) is 40.7 Å². The molecule has 8 heteroatoms. The summed E-state index contributed by atoms with van der Waals surface area (Å²) in [5.74, 6) is 0.783. The maximum atomic E-state index is 5.67. The number of aliphatic imine (C=N–C) groups is 1. The van der Waals surface area contributed by atoms with Crippen LogP contribution in [-0.2, 0) is 16.0 Å². The maximum absolute atomic E-state index is 5.67. The number of rotatable bonds is 9. The molecule has 1 aliphatic rings. The van der Waals surface area contributed by atoms with Crippen LogP contribution in [0.4, 0.5) is 0 Å². The first-order valence-electron chi connectivity index (χ1n) is 9.49. The molecule has 0 bridgehead atoms. The number of hydrogen-bond donors (Lipinski definition) is 2. The summed E-state index contributed by atoms with van der Waals surface area (Å²) in [5, 5.41) is 9.75. The highest BCUT2D eigenvalue weighted by atomic mass is 127. The Morgan fingerprint density at radius 1 is 1.32 bits per heavy atom. The lowest BCUT2D eigenvalue weighted by molar-refractivity contribution is 0.0168. The number of benzene rings is 1. The van der Waals surface area contributed by atoms with Gasteiger partial charge in [0.25, 0.3) is 0 Å². The number of aromatic nitrogens is 1. The van der Waals surface area contributed by atoms with Crippen molar-refractivity contribution in [2.24, 2.45) is 4.99 Å². The van der Waals surface area contributed by atoms with Gasteiger partial charge >= 0.3 is 0 Å². The largest absolute Gasteiger partial charge is 0.379 e. The van der Waals surface area contributed by atoms with Gasteiger partial charge in [0.2, 0.25) is 0 Å². The van der Waals surface area contributed by atoms with Crippen LogP contribution in [0.2, 0.25) is 0 Å². The Labute approximate surface area is 188 Å². The molecule has 2 aromatic rings. The van der Waals surface area contributed by atoms with Gasteiger partial charge in [0.1, 0.15) is 5.01 Å². The van der Waals surface area contributed by atoms with Crippen LogP contribution in [0.25, 0.3) is 11.3 Å². The number of nitrogens with one attached hydrogen (secondary N) is 2. The van der Waals surface area contributed by atoms with Crippen molar-refractivity contribution in [3.8, 4) is 11.3 Å². The van der Waals surface area contributed by atoms with Gasteiger partial charge in [-0.05, 0) is 19.3 Å². The van der Waals surface area contributed by atoms with Crippen LogP contribution in [0, 0.1) is 0 Å². The first-order chi connectivity index (χ1) is 13.3. The summed E-state index contributed by atoms with van der Waals surface area (Å²) in [6.07, 6.45) is 3.51. The first-order valence-corrected chi connectivity index (χ1v) is 10.4. The highest BCUT2D eigenvalue weighted by Gasteiger charge is 2.14. The van der Waals surface area contributed by atoms with E-state index in [0.29, 0.717) is 19.3 Å². The van der Waals surface area contributed by atoms with E-state index in [2.05, 4.69) is 38.1 Å². The van der Waals surface area contributed by atoms with Crippen LogP contribution in [0.3, 0.4) is 0 Å². The average molecular weight is 516 g/mol. The van der Waals surface area contributed by atoms with Crippen LogP contribution in [0.1, 0.15) is 24.3 Å². The van der Waals surface area contributed by atoms with Crippen molar-refractivity contribution < 1.29 is 9.47 Å². The van der Waals surface area contributed by atoms with Crippen LogP contribution < -0.4 is 10.6 Å². The number of nitrogens with zero attached hydrogens (tertiary/aromatic N) is 2. The van der Waals surface area contributed by atoms with Crippen LogP contribution in [0.5, 0.6) is 0 Å². The van der Waals surface area contributed by atoms with E-state index in [1.807, 2.05) is 18.2 Å². The van der Waals surface area contributed by atoms with Crippen LogP contribution >= 0.6 is 35.3 Å². The summed E-state index contributed by atoms with van der Waals surface area (Å²) >= 11 is 1.66. The van der Waals surface area contributed by atoms with Gasteiger partial charge in [-0.2, -0.15) is 0 Å². The van der Waals surface area contributed by atoms with Crippen molar-refractivity contribution >= 4 is 41.3 Å². The molecule has 1 aliphatic heterocycles. The summed E-state index contributed by atoms with van der Waals surface area (Å²) in [5.41, 5.74) is 2.16. The lowest BCUT2D eigenvalue weighted by Crippen LogP contribution is -2.37. The van der Waals surface area contributed by atoms with Crippen molar-refractivity contribution in [2.75, 3.05) is 33.4 Å². The van der Waals surface area contributed by atoms with Gasteiger partial charge in [0, 0.05) is 37.7 Å². The van der Waals surface area contributed by atoms with Crippen LogP contribution in [-0.4, -0.2) is 50.5 Å². The van der Waals surface area contributed by atoms with Gasteiger partial charge in [-0.1, -0.05) is 30.3 Å². The van der Waals surface area contributed by atoms with E-state index in [-0.39, 0.29) is 24.0 Å². The summed E-state index contributed by atoms with van der Waals surface area (Å²) in [7, 11) is 1.78. The third kappa shape index (κ3) is 7.65. The lowest BCUT2D eigenvalue weighted by atomic mass is 10.2. The van der Waals surface area contributed by atoms with E-state index >= 15 is 0 Å². The van der Waals surface area contributed by atoms with E-state index in [1.165, 1.54) is 0 Å². The monoisotopic (exact) mass is 516 g/mol. The Kier molecular flexibility index (Phi) is 10.8. The zero-order valence-corrected chi connectivity index (χ0v) is 19.4. The molecule has 28 heavy (non-hydrogen) atoms. The molecular formula is C20H29IN4O2S.